The lowest BCUT2D eigenvalue weighted by Gasteiger charge is -2.04. The van der Waals surface area contributed by atoms with Crippen molar-refractivity contribution >= 4 is 28.4 Å². The topological polar surface area (TPSA) is 47.0 Å². The van der Waals surface area contributed by atoms with E-state index < -0.39 is 0 Å². The first-order valence-corrected chi connectivity index (χ1v) is 4.61. The van der Waals surface area contributed by atoms with Crippen LogP contribution >= 0.6 is 22.6 Å². The maximum absolute atomic E-state index is 4.90. The van der Waals surface area contributed by atoms with Crippen molar-refractivity contribution in [2.45, 2.75) is 0 Å². The number of rotatable bonds is 4. The summed E-state index contributed by atoms with van der Waals surface area (Å²) in [4.78, 5) is 7.95. The molecule has 0 bridgehead atoms. The summed E-state index contributed by atoms with van der Waals surface area (Å²) in [5.74, 6) is 0.864. The molecule has 0 unspecified atom stereocenters. The Morgan fingerprint density at radius 2 is 2.50 bits per heavy atom. The van der Waals surface area contributed by atoms with Crippen molar-refractivity contribution in [3.63, 3.8) is 0 Å². The minimum absolute atomic E-state index is 0.681. The minimum Gasteiger partial charge on any atom is -0.383 e. The molecule has 0 aliphatic rings. The Morgan fingerprint density at radius 3 is 3.17 bits per heavy atom. The van der Waals surface area contributed by atoms with E-state index in [1.54, 1.807) is 13.3 Å². The third-order valence-electron chi connectivity index (χ3n) is 1.27. The van der Waals surface area contributed by atoms with Gasteiger partial charge in [0.25, 0.3) is 0 Å². The molecule has 0 saturated heterocycles. The van der Waals surface area contributed by atoms with Gasteiger partial charge in [-0.25, -0.2) is 9.97 Å². The molecule has 0 radical (unpaired) electrons. The standard InChI is InChI=1S/C7H10IN3O/c1-12-3-2-10-7-6(8)4-9-5-11-7/h4-5H,2-3H2,1H3,(H,9,10,11). The molecule has 0 saturated carbocycles. The second-order valence-electron chi connectivity index (χ2n) is 2.14. The summed E-state index contributed by atoms with van der Waals surface area (Å²) >= 11 is 2.18. The molecule has 0 fully saturated rings. The fourth-order valence-corrected chi connectivity index (χ4v) is 1.21. The van der Waals surface area contributed by atoms with Gasteiger partial charge in [0.05, 0.1) is 10.2 Å². The second-order valence-corrected chi connectivity index (χ2v) is 3.30. The maximum atomic E-state index is 4.90. The van der Waals surface area contributed by atoms with Gasteiger partial charge in [0, 0.05) is 19.9 Å². The van der Waals surface area contributed by atoms with Gasteiger partial charge < -0.3 is 10.1 Å². The Hall–Kier alpha value is -0.430. The molecule has 1 heterocycles. The molecule has 1 aromatic rings. The van der Waals surface area contributed by atoms with Crippen LogP contribution in [0.1, 0.15) is 0 Å². The molecule has 0 aliphatic carbocycles. The molecule has 0 atom stereocenters. The Labute approximate surface area is 84.9 Å². The number of halogens is 1. The summed E-state index contributed by atoms with van der Waals surface area (Å²) in [5, 5.41) is 3.13. The number of ether oxygens (including phenoxy) is 1. The largest absolute Gasteiger partial charge is 0.383 e. The average Bonchev–Trinajstić information content (AvgIpc) is 2.09. The number of nitrogens with zero attached hydrogens (tertiary/aromatic N) is 2. The van der Waals surface area contributed by atoms with E-state index in [0.717, 1.165) is 15.9 Å². The monoisotopic (exact) mass is 279 g/mol. The zero-order valence-electron chi connectivity index (χ0n) is 6.75. The number of anilines is 1. The Kier molecular flexibility index (Phi) is 4.23. The van der Waals surface area contributed by atoms with E-state index in [1.165, 1.54) is 6.33 Å². The summed E-state index contributed by atoms with van der Waals surface area (Å²) in [6.45, 7) is 1.45. The van der Waals surface area contributed by atoms with Crippen LogP contribution in [0.15, 0.2) is 12.5 Å². The van der Waals surface area contributed by atoms with E-state index in [9.17, 15) is 0 Å². The predicted octanol–water partition coefficient (Wildman–Crippen LogP) is 1.14. The molecule has 12 heavy (non-hydrogen) atoms. The van der Waals surface area contributed by atoms with E-state index in [2.05, 4.69) is 37.9 Å². The van der Waals surface area contributed by atoms with E-state index in [-0.39, 0.29) is 0 Å². The van der Waals surface area contributed by atoms with Gasteiger partial charge >= 0.3 is 0 Å². The van der Waals surface area contributed by atoms with E-state index in [1.807, 2.05) is 0 Å². The molecule has 0 aliphatic heterocycles. The zero-order valence-corrected chi connectivity index (χ0v) is 8.91. The zero-order chi connectivity index (χ0) is 8.81. The van der Waals surface area contributed by atoms with Crippen LogP contribution in [0.25, 0.3) is 0 Å². The molecule has 5 heteroatoms. The molecule has 66 valence electrons. The van der Waals surface area contributed by atoms with Crippen molar-refractivity contribution < 1.29 is 4.74 Å². The summed E-state index contributed by atoms with van der Waals surface area (Å²) in [6, 6.07) is 0. The fourth-order valence-electron chi connectivity index (χ4n) is 0.714. The van der Waals surface area contributed by atoms with Crippen LogP contribution in [0, 0.1) is 3.57 Å². The van der Waals surface area contributed by atoms with E-state index in [4.69, 9.17) is 4.74 Å². The van der Waals surface area contributed by atoms with Crippen molar-refractivity contribution in [3.8, 4) is 0 Å². The van der Waals surface area contributed by atoms with Gasteiger partial charge in [0.15, 0.2) is 0 Å². The van der Waals surface area contributed by atoms with Crippen LogP contribution in [0.3, 0.4) is 0 Å². The molecular formula is C7H10IN3O. The smallest absolute Gasteiger partial charge is 0.142 e. The van der Waals surface area contributed by atoms with Gasteiger partial charge in [-0.3, -0.25) is 0 Å². The highest BCUT2D eigenvalue weighted by Gasteiger charge is 1.97. The number of aromatic nitrogens is 2. The van der Waals surface area contributed by atoms with Gasteiger partial charge in [0.2, 0.25) is 0 Å². The quantitative estimate of drug-likeness (QED) is 0.663. The van der Waals surface area contributed by atoms with Gasteiger partial charge in [-0.05, 0) is 22.6 Å². The SMILES string of the molecule is COCCNc1ncncc1I. The van der Waals surface area contributed by atoms with Crippen molar-refractivity contribution in [2.24, 2.45) is 0 Å². The number of methoxy groups -OCH3 is 1. The van der Waals surface area contributed by atoms with E-state index in [0.29, 0.717) is 6.61 Å². The van der Waals surface area contributed by atoms with Crippen molar-refractivity contribution in [1.29, 1.82) is 0 Å². The van der Waals surface area contributed by atoms with Crippen LogP contribution in [-0.4, -0.2) is 30.2 Å². The highest BCUT2D eigenvalue weighted by atomic mass is 127. The summed E-state index contributed by atoms with van der Waals surface area (Å²) in [7, 11) is 1.67. The van der Waals surface area contributed by atoms with Gasteiger partial charge in [-0.15, -0.1) is 0 Å². The highest BCUT2D eigenvalue weighted by Crippen LogP contribution is 2.11. The first kappa shape index (κ1) is 9.66. The predicted molar refractivity (Wildman–Crippen MR) is 55.1 cm³/mol. The molecule has 1 N–H and O–H groups in total. The minimum atomic E-state index is 0.681. The average molecular weight is 279 g/mol. The van der Waals surface area contributed by atoms with Crippen LogP contribution in [-0.2, 0) is 4.74 Å². The third-order valence-corrected chi connectivity index (χ3v) is 2.06. The van der Waals surface area contributed by atoms with Crippen LogP contribution in [0.2, 0.25) is 0 Å². The lowest BCUT2D eigenvalue weighted by atomic mass is 10.5. The first-order chi connectivity index (χ1) is 5.84. The fraction of sp³-hybridized carbons (Fsp3) is 0.429. The molecule has 0 aromatic carbocycles. The van der Waals surface area contributed by atoms with Crippen molar-refractivity contribution in [1.82, 2.24) is 9.97 Å². The van der Waals surface area contributed by atoms with Crippen LogP contribution in [0.5, 0.6) is 0 Å². The molecular weight excluding hydrogens is 269 g/mol. The van der Waals surface area contributed by atoms with Gasteiger partial charge in [0.1, 0.15) is 12.1 Å². The van der Waals surface area contributed by atoms with Gasteiger partial charge in [-0.2, -0.15) is 0 Å². The summed E-state index contributed by atoms with van der Waals surface area (Å²) in [5.41, 5.74) is 0. The third kappa shape index (κ3) is 2.90. The highest BCUT2D eigenvalue weighted by molar-refractivity contribution is 14.1. The van der Waals surface area contributed by atoms with Crippen LogP contribution in [0.4, 0.5) is 5.82 Å². The van der Waals surface area contributed by atoms with Crippen molar-refractivity contribution in [2.75, 3.05) is 25.6 Å². The number of hydrogen-bond acceptors (Lipinski definition) is 4. The number of nitrogens with one attached hydrogen (secondary N) is 1. The Bertz CT molecular complexity index is 244. The van der Waals surface area contributed by atoms with Gasteiger partial charge in [-0.1, -0.05) is 0 Å². The molecule has 4 nitrogen and oxygen atoms in total. The lowest BCUT2D eigenvalue weighted by molar-refractivity contribution is 0.210. The summed E-state index contributed by atoms with van der Waals surface area (Å²) < 4.78 is 5.91. The second kappa shape index (κ2) is 5.26. The van der Waals surface area contributed by atoms with E-state index >= 15 is 0 Å². The normalized spacial score (nSPS) is 9.83. The first-order valence-electron chi connectivity index (χ1n) is 3.53. The van der Waals surface area contributed by atoms with Crippen LogP contribution < -0.4 is 5.32 Å². The van der Waals surface area contributed by atoms with Crippen molar-refractivity contribution in [3.05, 3.63) is 16.1 Å². The number of hydrogen-bond donors (Lipinski definition) is 1. The molecule has 0 spiro atoms. The maximum Gasteiger partial charge on any atom is 0.142 e. The summed E-state index contributed by atoms with van der Waals surface area (Å²) in [6.07, 6.45) is 3.29. The molecule has 1 rings (SSSR count). The Morgan fingerprint density at radius 1 is 1.67 bits per heavy atom. The Balaban J connectivity index is 2.46. The lowest BCUT2D eigenvalue weighted by Crippen LogP contribution is -2.09. The molecule has 1 aromatic heterocycles. The molecule has 0 amide bonds.